The fraction of sp³-hybridized carbons (Fsp3) is 0.0833. The molecule has 0 aliphatic rings. The predicted molar refractivity (Wildman–Crippen MR) is 58.8 cm³/mol. The number of aliphatic carboxylic acids is 1. The topological polar surface area (TPSA) is 63.1 Å². The number of hydrogen-bond donors (Lipinski definition) is 1. The van der Waals surface area contributed by atoms with Gasteiger partial charge in [0, 0.05) is 24.2 Å². The van der Waals surface area contributed by atoms with Crippen LogP contribution in [0.2, 0.25) is 0 Å². The first-order valence-corrected chi connectivity index (χ1v) is 4.93. The SMILES string of the molecule is O=C(O)Cc1cc(F)ncc1-c1ccncc1. The molecular weight excluding hydrogens is 223 g/mol. The summed E-state index contributed by atoms with van der Waals surface area (Å²) in [5, 5.41) is 8.77. The van der Waals surface area contributed by atoms with Crippen molar-refractivity contribution in [3.63, 3.8) is 0 Å². The van der Waals surface area contributed by atoms with Crippen molar-refractivity contribution in [2.75, 3.05) is 0 Å². The molecule has 2 rings (SSSR count). The molecule has 0 aliphatic carbocycles. The third-order valence-corrected chi connectivity index (χ3v) is 2.29. The van der Waals surface area contributed by atoms with E-state index in [2.05, 4.69) is 9.97 Å². The van der Waals surface area contributed by atoms with Crippen LogP contribution in [0.3, 0.4) is 0 Å². The van der Waals surface area contributed by atoms with E-state index >= 15 is 0 Å². The van der Waals surface area contributed by atoms with Crippen molar-refractivity contribution < 1.29 is 14.3 Å². The van der Waals surface area contributed by atoms with Gasteiger partial charge in [0.15, 0.2) is 0 Å². The Balaban J connectivity index is 2.50. The second-order valence-electron chi connectivity index (χ2n) is 3.47. The molecule has 0 amide bonds. The van der Waals surface area contributed by atoms with Crippen LogP contribution in [0.4, 0.5) is 4.39 Å². The Hall–Kier alpha value is -2.30. The van der Waals surface area contributed by atoms with E-state index in [4.69, 9.17) is 5.11 Å². The lowest BCUT2D eigenvalue weighted by molar-refractivity contribution is -0.136. The zero-order valence-electron chi connectivity index (χ0n) is 8.80. The van der Waals surface area contributed by atoms with Crippen LogP contribution in [0, 0.1) is 5.95 Å². The Labute approximate surface area is 96.8 Å². The third-order valence-electron chi connectivity index (χ3n) is 2.29. The molecule has 5 heteroatoms. The van der Waals surface area contributed by atoms with E-state index < -0.39 is 11.9 Å². The van der Waals surface area contributed by atoms with Gasteiger partial charge < -0.3 is 5.11 Å². The summed E-state index contributed by atoms with van der Waals surface area (Å²) >= 11 is 0. The van der Waals surface area contributed by atoms with Crippen molar-refractivity contribution in [1.29, 1.82) is 0 Å². The second kappa shape index (κ2) is 4.69. The summed E-state index contributed by atoms with van der Waals surface area (Å²) in [6.45, 7) is 0. The largest absolute Gasteiger partial charge is 0.481 e. The maximum atomic E-state index is 13.0. The molecule has 0 aliphatic heterocycles. The van der Waals surface area contributed by atoms with Crippen molar-refractivity contribution in [2.24, 2.45) is 0 Å². The van der Waals surface area contributed by atoms with E-state index in [1.54, 1.807) is 24.5 Å². The Morgan fingerprint density at radius 2 is 2.06 bits per heavy atom. The van der Waals surface area contributed by atoms with E-state index in [0.717, 1.165) is 11.6 Å². The van der Waals surface area contributed by atoms with Crippen LogP contribution in [0.15, 0.2) is 36.8 Å². The Morgan fingerprint density at radius 1 is 1.35 bits per heavy atom. The zero-order chi connectivity index (χ0) is 12.3. The van der Waals surface area contributed by atoms with Gasteiger partial charge in [-0.2, -0.15) is 4.39 Å². The van der Waals surface area contributed by atoms with Crippen LogP contribution in [0.5, 0.6) is 0 Å². The summed E-state index contributed by atoms with van der Waals surface area (Å²) < 4.78 is 13.0. The van der Waals surface area contributed by atoms with E-state index in [9.17, 15) is 9.18 Å². The van der Waals surface area contributed by atoms with E-state index in [1.165, 1.54) is 6.20 Å². The van der Waals surface area contributed by atoms with Gasteiger partial charge in [-0.1, -0.05) is 0 Å². The molecule has 2 heterocycles. The van der Waals surface area contributed by atoms with Gasteiger partial charge in [0.05, 0.1) is 6.42 Å². The molecule has 86 valence electrons. The van der Waals surface area contributed by atoms with Gasteiger partial charge in [0.2, 0.25) is 5.95 Å². The van der Waals surface area contributed by atoms with Gasteiger partial charge in [-0.15, -0.1) is 0 Å². The van der Waals surface area contributed by atoms with Crippen molar-refractivity contribution in [1.82, 2.24) is 9.97 Å². The van der Waals surface area contributed by atoms with Gasteiger partial charge in [0.1, 0.15) is 0 Å². The minimum atomic E-state index is -1.01. The van der Waals surface area contributed by atoms with Gasteiger partial charge in [-0.05, 0) is 29.3 Å². The Kier molecular flexibility index (Phi) is 3.09. The van der Waals surface area contributed by atoms with Crippen molar-refractivity contribution in [3.05, 3.63) is 48.3 Å². The lowest BCUT2D eigenvalue weighted by Gasteiger charge is -2.07. The first kappa shape index (κ1) is 11.2. The number of carboxylic acid groups (broad SMARTS) is 1. The fourth-order valence-electron chi connectivity index (χ4n) is 1.57. The maximum absolute atomic E-state index is 13.0. The van der Waals surface area contributed by atoms with Crippen molar-refractivity contribution in [3.8, 4) is 11.1 Å². The number of carbonyl (C=O) groups is 1. The predicted octanol–water partition coefficient (Wildman–Crippen LogP) is 1.91. The summed E-state index contributed by atoms with van der Waals surface area (Å²) in [6, 6.07) is 4.59. The smallest absolute Gasteiger partial charge is 0.307 e. The summed E-state index contributed by atoms with van der Waals surface area (Å²) in [6.07, 6.45) is 4.27. The monoisotopic (exact) mass is 232 g/mol. The highest BCUT2D eigenvalue weighted by molar-refractivity contribution is 5.76. The average molecular weight is 232 g/mol. The van der Waals surface area contributed by atoms with E-state index in [1.807, 2.05) is 0 Å². The normalized spacial score (nSPS) is 10.2. The van der Waals surface area contributed by atoms with Crippen LogP contribution in [-0.4, -0.2) is 21.0 Å². The molecule has 0 spiro atoms. The number of rotatable bonds is 3. The average Bonchev–Trinajstić information content (AvgIpc) is 2.29. The number of aromatic nitrogens is 2. The highest BCUT2D eigenvalue weighted by atomic mass is 19.1. The van der Waals surface area contributed by atoms with Crippen LogP contribution in [-0.2, 0) is 11.2 Å². The molecule has 4 nitrogen and oxygen atoms in total. The number of carboxylic acids is 1. The summed E-state index contributed by atoms with van der Waals surface area (Å²) in [4.78, 5) is 18.1. The molecule has 0 saturated heterocycles. The highest BCUT2D eigenvalue weighted by Gasteiger charge is 2.10. The van der Waals surface area contributed by atoms with Gasteiger partial charge in [-0.25, -0.2) is 4.98 Å². The molecular formula is C12H9FN2O2. The molecule has 2 aromatic rings. The molecule has 0 aromatic carbocycles. The van der Waals surface area contributed by atoms with Crippen molar-refractivity contribution >= 4 is 5.97 Å². The summed E-state index contributed by atoms with van der Waals surface area (Å²) in [7, 11) is 0. The second-order valence-corrected chi connectivity index (χ2v) is 3.47. The molecule has 0 saturated carbocycles. The lowest BCUT2D eigenvalue weighted by Crippen LogP contribution is -2.03. The summed E-state index contributed by atoms with van der Waals surface area (Å²) in [5.74, 6) is -1.69. The molecule has 0 radical (unpaired) electrons. The number of pyridine rings is 2. The van der Waals surface area contributed by atoms with E-state index in [0.29, 0.717) is 11.1 Å². The minimum Gasteiger partial charge on any atom is -0.481 e. The molecule has 0 bridgehead atoms. The van der Waals surface area contributed by atoms with E-state index in [-0.39, 0.29) is 6.42 Å². The Bertz CT molecular complexity index is 543. The fourth-order valence-corrected chi connectivity index (χ4v) is 1.57. The number of hydrogen-bond acceptors (Lipinski definition) is 3. The van der Waals surface area contributed by atoms with Gasteiger partial charge >= 0.3 is 5.97 Å². The standard InChI is InChI=1S/C12H9FN2O2/c13-11-5-9(6-12(16)17)10(7-15-11)8-1-3-14-4-2-8/h1-5,7H,6H2,(H,16,17). The van der Waals surface area contributed by atoms with Crippen LogP contribution < -0.4 is 0 Å². The van der Waals surface area contributed by atoms with Gasteiger partial charge in [0.25, 0.3) is 0 Å². The Morgan fingerprint density at radius 3 is 2.71 bits per heavy atom. The van der Waals surface area contributed by atoms with Crippen LogP contribution >= 0.6 is 0 Å². The van der Waals surface area contributed by atoms with Crippen LogP contribution in [0.1, 0.15) is 5.56 Å². The van der Waals surface area contributed by atoms with Gasteiger partial charge in [-0.3, -0.25) is 9.78 Å². The number of halogens is 1. The quantitative estimate of drug-likeness (QED) is 0.821. The third kappa shape index (κ3) is 2.63. The van der Waals surface area contributed by atoms with Crippen LogP contribution in [0.25, 0.3) is 11.1 Å². The molecule has 1 N–H and O–H groups in total. The minimum absolute atomic E-state index is 0.239. The molecule has 0 unspecified atom stereocenters. The zero-order valence-corrected chi connectivity index (χ0v) is 8.80. The summed E-state index contributed by atoms with van der Waals surface area (Å²) in [5.41, 5.74) is 1.77. The molecule has 2 aromatic heterocycles. The molecule has 0 atom stereocenters. The first-order valence-electron chi connectivity index (χ1n) is 4.93. The first-order chi connectivity index (χ1) is 8.16. The molecule has 17 heavy (non-hydrogen) atoms. The number of nitrogens with zero attached hydrogens (tertiary/aromatic N) is 2. The van der Waals surface area contributed by atoms with Crippen molar-refractivity contribution in [2.45, 2.75) is 6.42 Å². The molecule has 0 fully saturated rings. The lowest BCUT2D eigenvalue weighted by atomic mass is 10.0. The maximum Gasteiger partial charge on any atom is 0.307 e. The highest BCUT2D eigenvalue weighted by Crippen LogP contribution is 2.23.